The lowest BCUT2D eigenvalue weighted by molar-refractivity contribution is -0.142. The molecule has 7 amide bonds. The number of rotatable bonds is 26. The van der Waals surface area contributed by atoms with Crippen molar-refractivity contribution in [2.45, 2.75) is 115 Å². The summed E-state index contributed by atoms with van der Waals surface area (Å²) in [6, 6.07) is 15.3. The summed E-state index contributed by atoms with van der Waals surface area (Å²) in [7, 11) is 0. The Balaban J connectivity index is 1.35. The summed E-state index contributed by atoms with van der Waals surface area (Å²) < 4.78 is 0. The van der Waals surface area contributed by atoms with Crippen molar-refractivity contribution >= 4 is 58.2 Å². The fourth-order valence-corrected chi connectivity index (χ4v) is 8.53. The van der Waals surface area contributed by atoms with Crippen LogP contribution in [0.3, 0.4) is 0 Å². The predicted molar refractivity (Wildman–Crippen MR) is 268 cm³/mol. The van der Waals surface area contributed by atoms with E-state index in [9.17, 15) is 43.8 Å². The van der Waals surface area contributed by atoms with E-state index in [0.717, 1.165) is 16.5 Å². The lowest BCUT2D eigenvalue weighted by atomic mass is 9.99. The molecule has 0 saturated carbocycles. The van der Waals surface area contributed by atoms with Gasteiger partial charge in [-0.2, -0.15) is 0 Å². The molecule has 0 radical (unpaired) electrons. The van der Waals surface area contributed by atoms with Crippen LogP contribution in [0.4, 0.5) is 0 Å². The summed E-state index contributed by atoms with van der Waals surface area (Å²) in [5, 5.41) is 37.7. The number of aliphatic imine (C=N–C) groups is 1. The maximum absolute atomic E-state index is 14.5. The zero-order chi connectivity index (χ0) is 51.5. The fourth-order valence-electron chi connectivity index (χ4n) is 8.53. The Labute approximate surface area is 413 Å². The summed E-state index contributed by atoms with van der Waals surface area (Å²) in [4.78, 5) is 106. The van der Waals surface area contributed by atoms with E-state index in [4.69, 9.17) is 11.5 Å². The monoisotopic (exact) mass is 980 g/mol. The number of H-pyrrole nitrogens is 1. The van der Waals surface area contributed by atoms with Crippen LogP contribution in [0.1, 0.15) is 76.0 Å². The standard InChI is InChI=1S/C51H69N11O9/c1-4-54-49(70)43-17-11-25-62(43)50(71)38(16-10-24-55-51(52)53)58-45(66)39(26-31(2)3)59-46(67)40(27-32-12-6-5-7-13-32)60-47(68)41(28-33-18-21-35(64)22-19-33)61-48(69)42(30-63)57-44(65)23-20-34-29-56-37-15-9-8-14-36(34)37/h5-9,12-15,18-19,21-22,29,31,38-43,56,63-64H,4,10-11,16-17,20,23-28,30H2,1-3H3,(H,54,70)(H,57,65)(H,58,66)(H,59,67)(H,60,68)(H,61,69)(H4,52,53,55)/t38-,39-,40+,41-,42-,43-/m0/s1. The van der Waals surface area contributed by atoms with Crippen LogP contribution in [0.2, 0.25) is 0 Å². The zero-order valence-corrected chi connectivity index (χ0v) is 40.6. The molecule has 20 nitrogen and oxygen atoms in total. The normalized spacial score (nSPS) is 15.4. The van der Waals surface area contributed by atoms with Crippen LogP contribution < -0.4 is 43.4 Å². The first-order valence-corrected chi connectivity index (χ1v) is 24.2. The third-order valence-corrected chi connectivity index (χ3v) is 12.1. The highest BCUT2D eigenvalue weighted by Gasteiger charge is 2.39. The molecule has 382 valence electrons. The van der Waals surface area contributed by atoms with Gasteiger partial charge in [0.2, 0.25) is 41.4 Å². The molecule has 1 aliphatic heterocycles. The molecule has 6 atom stereocenters. The molecule has 13 N–H and O–H groups in total. The molecule has 1 saturated heterocycles. The first kappa shape index (κ1) is 54.5. The van der Waals surface area contributed by atoms with Crippen molar-refractivity contribution in [2.75, 3.05) is 26.2 Å². The number of aliphatic hydroxyl groups excluding tert-OH is 1. The number of phenolic OH excluding ortho intramolecular Hbond substituents is 1. The molecular formula is C51H69N11O9. The largest absolute Gasteiger partial charge is 0.508 e. The number of nitrogens with one attached hydrogen (secondary N) is 7. The van der Waals surface area contributed by atoms with E-state index >= 15 is 0 Å². The van der Waals surface area contributed by atoms with Crippen molar-refractivity contribution < 1.29 is 43.8 Å². The van der Waals surface area contributed by atoms with E-state index in [1.54, 1.807) is 49.4 Å². The number of amides is 7. The molecule has 1 aliphatic rings. The quantitative estimate of drug-likeness (QED) is 0.0239. The number of phenols is 1. The van der Waals surface area contributed by atoms with Gasteiger partial charge < -0.3 is 63.5 Å². The molecule has 0 unspecified atom stereocenters. The summed E-state index contributed by atoms with van der Waals surface area (Å²) >= 11 is 0. The zero-order valence-electron chi connectivity index (χ0n) is 40.6. The van der Waals surface area contributed by atoms with Crippen LogP contribution >= 0.6 is 0 Å². The number of guanidine groups is 1. The number of benzene rings is 3. The summed E-state index contributed by atoms with van der Waals surface area (Å²) in [6.45, 7) is 5.57. The Morgan fingerprint density at radius 2 is 1.35 bits per heavy atom. The second-order valence-electron chi connectivity index (χ2n) is 18.1. The third kappa shape index (κ3) is 16.6. The average molecular weight is 980 g/mol. The van der Waals surface area contributed by atoms with Crippen molar-refractivity contribution in [3.8, 4) is 5.75 Å². The van der Waals surface area contributed by atoms with E-state index in [-0.39, 0.29) is 62.2 Å². The number of fused-ring (bicyclic) bond motifs is 1. The molecule has 5 rings (SSSR count). The number of likely N-dealkylation sites (N-methyl/N-ethyl adjacent to an activating group) is 1. The van der Waals surface area contributed by atoms with Crippen LogP contribution in [-0.2, 0) is 52.8 Å². The third-order valence-electron chi connectivity index (χ3n) is 12.1. The number of aromatic nitrogens is 1. The Morgan fingerprint density at radius 3 is 1.99 bits per heavy atom. The van der Waals surface area contributed by atoms with E-state index in [0.29, 0.717) is 49.9 Å². The molecule has 4 aromatic rings. The van der Waals surface area contributed by atoms with Crippen molar-refractivity contribution in [1.29, 1.82) is 0 Å². The molecular weight excluding hydrogens is 911 g/mol. The molecule has 0 spiro atoms. The van der Waals surface area contributed by atoms with Gasteiger partial charge in [0.05, 0.1) is 6.61 Å². The number of hydrogen-bond acceptors (Lipinski definition) is 10. The SMILES string of the molecule is CCNC(=O)[C@@H]1CCCN1C(=O)[C@H](CCCN=C(N)N)NC(=O)[C@H](CC(C)C)NC(=O)[C@@H](Cc1ccccc1)NC(=O)[C@H](Cc1ccc(O)cc1)NC(=O)[C@H](CO)NC(=O)CCc1c[nH]c2ccccc12. The maximum Gasteiger partial charge on any atom is 0.245 e. The van der Waals surface area contributed by atoms with Gasteiger partial charge in [0.25, 0.3) is 0 Å². The molecule has 2 heterocycles. The number of carbonyl (C=O) groups is 7. The van der Waals surface area contributed by atoms with Crippen molar-refractivity contribution in [1.82, 2.24) is 41.8 Å². The minimum atomic E-state index is -1.44. The van der Waals surface area contributed by atoms with Crippen LogP contribution in [0, 0.1) is 5.92 Å². The molecule has 0 aliphatic carbocycles. The lowest BCUT2D eigenvalue weighted by Crippen LogP contribution is -2.60. The number of aromatic amines is 1. The van der Waals surface area contributed by atoms with E-state index in [1.165, 1.54) is 17.0 Å². The topological polar surface area (TPSA) is 316 Å². The molecule has 0 bridgehead atoms. The first-order chi connectivity index (χ1) is 34.1. The highest BCUT2D eigenvalue weighted by Crippen LogP contribution is 2.21. The van der Waals surface area contributed by atoms with Crippen molar-refractivity contribution in [2.24, 2.45) is 22.4 Å². The maximum atomic E-state index is 14.5. The number of aliphatic hydroxyl groups is 1. The number of likely N-dealkylation sites (tertiary alicyclic amines) is 1. The second kappa shape index (κ2) is 27.1. The Kier molecular flexibility index (Phi) is 20.8. The van der Waals surface area contributed by atoms with Crippen LogP contribution in [0.5, 0.6) is 5.75 Å². The van der Waals surface area contributed by atoms with Gasteiger partial charge in [-0.25, -0.2) is 0 Å². The second-order valence-corrected chi connectivity index (χ2v) is 18.1. The van der Waals surface area contributed by atoms with Crippen molar-refractivity contribution in [3.05, 3.63) is 102 Å². The Hall–Kier alpha value is -7.48. The predicted octanol–water partition coefficient (Wildman–Crippen LogP) is 0.935. The molecule has 1 fully saturated rings. The fraction of sp³-hybridized carbons (Fsp3) is 0.451. The molecule has 20 heteroatoms. The van der Waals surface area contributed by atoms with Gasteiger partial charge >= 0.3 is 0 Å². The minimum Gasteiger partial charge on any atom is -0.508 e. The lowest BCUT2D eigenvalue weighted by Gasteiger charge is -2.30. The van der Waals surface area contributed by atoms with E-state index in [1.807, 2.05) is 44.3 Å². The molecule has 3 aromatic carbocycles. The van der Waals surface area contributed by atoms with Gasteiger partial charge in [-0.15, -0.1) is 0 Å². The Morgan fingerprint density at radius 1 is 0.761 bits per heavy atom. The number of hydrogen-bond donors (Lipinski definition) is 11. The smallest absolute Gasteiger partial charge is 0.245 e. The summed E-state index contributed by atoms with van der Waals surface area (Å²) in [6.07, 6.45) is 3.61. The van der Waals surface area contributed by atoms with Gasteiger partial charge in [0.1, 0.15) is 42.0 Å². The van der Waals surface area contributed by atoms with Crippen LogP contribution in [-0.4, -0.2) is 130 Å². The molecule has 71 heavy (non-hydrogen) atoms. The summed E-state index contributed by atoms with van der Waals surface area (Å²) in [5.41, 5.74) is 14.1. The highest BCUT2D eigenvalue weighted by atomic mass is 16.3. The number of carbonyl (C=O) groups excluding carboxylic acids is 7. The summed E-state index contributed by atoms with van der Waals surface area (Å²) in [5.74, 6) is -4.63. The van der Waals surface area contributed by atoms with Gasteiger partial charge in [-0.1, -0.05) is 74.5 Å². The first-order valence-electron chi connectivity index (χ1n) is 24.2. The van der Waals surface area contributed by atoms with Gasteiger partial charge in [-0.3, -0.25) is 38.6 Å². The number of nitrogens with zero attached hydrogens (tertiary/aromatic N) is 2. The number of aromatic hydroxyl groups is 1. The van der Waals surface area contributed by atoms with Gasteiger partial charge in [0.15, 0.2) is 5.96 Å². The minimum absolute atomic E-state index is 0.00221. The van der Waals surface area contributed by atoms with Crippen LogP contribution in [0.25, 0.3) is 10.9 Å². The number of para-hydroxylation sites is 1. The number of aryl methyl sites for hydroxylation is 1. The average Bonchev–Trinajstić information content (AvgIpc) is 4.01. The van der Waals surface area contributed by atoms with Crippen LogP contribution in [0.15, 0.2) is 90.1 Å². The number of nitrogens with two attached hydrogens (primary N) is 2. The van der Waals surface area contributed by atoms with E-state index < -0.39 is 78.3 Å². The molecule has 1 aromatic heterocycles. The van der Waals surface area contributed by atoms with E-state index in [2.05, 4.69) is 41.9 Å². The van der Waals surface area contributed by atoms with Gasteiger partial charge in [-0.05, 0) is 86.3 Å². The van der Waals surface area contributed by atoms with Gasteiger partial charge in [0, 0.05) is 56.0 Å². The Bertz CT molecular complexity index is 2460. The van der Waals surface area contributed by atoms with Crippen molar-refractivity contribution in [3.63, 3.8) is 0 Å². The highest BCUT2D eigenvalue weighted by molar-refractivity contribution is 5.97.